The standard InChI is InChI=1S/C14H14BrN3O2/c15-11-5-4-9(18(19)20)8-14(11)17-7-6-10-12(16)2-1-3-13(10)17/h4-8,12H,1-3,16H2. The Hall–Kier alpha value is -1.66. The summed E-state index contributed by atoms with van der Waals surface area (Å²) in [5.41, 5.74) is 9.30. The fourth-order valence-electron chi connectivity index (χ4n) is 2.75. The van der Waals surface area contributed by atoms with Crippen molar-refractivity contribution in [3.05, 3.63) is 56.3 Å². The number of nitro benzene ring substituents is 1. The predicted octanol–water partition coefficient (Wildman–Crippen LogP) is 3.48. The maximum atomic E-state index is 10.9. The van der Waals surface area contributed by atoms with E-state index in [-0.39, 0.29) is 16.7 Å². The van der Waals surface area contributed by atoms with E-state index in [0.717, 1.165) is 40.7 Å². The molecule has 5 nitrogen and oxygen atoms in total. The first-order chi connectivity index (χ1) is 9.58. The molecule has 1 aliphatic carbocycles. The van der Waals surface area contributed by atoms with E-state index in [4.69, 9.17) is 5.73 Å². The summed E-state index contributed by atoms with van der Waals surface area (Å²) < 4.78 is 2.84. The number of fused-ring (bicyclic) bond motifs is 1. The minimum atomic E-state index is -0.377. The van der Waals surface area contributed by atoms with Crippen LogP contribution in [-0.2, 0) is 6.42 Å². The highest BCUT2D eigenvalue weighted by atomic mass is 79.9. The number of hydrogen-bond acceptors (Lipinski definition) is 3. The van der Waals surface area contributed by atoms with E-state index in [2.05, 4.69) is 15.9 Å². The average Bonchev–Trinajstić information content (AvgIpc) is 2.84. The van der Waals surface area contributed by atoms with Crippen LogP contribution < -0.4 is 5.73 Å². The lowest BCUT2D eigenvalue weighted by molar-refractivity contribution is -0.384. The van der Waals surface area contributed by atoms with Gasteiger partial charge in [0.2, 0.25) is 0 Å². The van der Waals surface area contributed by atoms with Crippen LogP contribution in [0.25, 0.3) is 5.69 Å². The summed E-state index contributed by atoms with van der Waals surface area (Å²) in [6, 6.07) is 6.88. The van der Waals surface area contributed by atoms with Gasteiger partial charge in [0.05, 0.1) is 10.6 Å². The molecular weight excluding hydrogens is 322 g/mol. The lowest BCUT2D eigenvalue weighted by atomic mass is 9.93. The molecule has 2 aromatic rings. The molecule has 0 aliphatic heterocycles. The molecule has 1 aromatic heterocycles. The molecular formula is C14H14BrN3O2. The van der Waals surface area contributed by atoms with Crippen LogP contribution in [-0.4, -0.2) is 9.49 Å². The van der Waals surface area contributed by atoms with E-state index in [0.29, 0.717) is 0 Å². The lowest BCUT2D eigenvalue weighted by Crippen LogP contribution is -2.17. The van der Waals surface area contributed by atoms with Crippen LogP contribution in [0.5, 0.6) is 0 Å². The quantitative estimate of drug-likeness (QED) is 0.674. The maximum Gasteiger partial charge on any atom is 0.271 e. The molecule has 0 fully saturated rings. The Morgan fingerprint density at radius 1 is 1.40 bits per heavy atom. The number of nitrogens with zero attached hydrogens (tertiary/aromatic N) is 2. The third kappa shape index (κ3) is 2.14. The Morgan fingerprint density at radius 2 is 2.20 bits per heavy atom. The second kappa shape index (κ2) is 5.03. The lowest BCUT2D eigenvalue weighted by Gasteiger charge is -2.21. The van der Waals surface area contributed by atoms with Crippen molar-refractivity contribution in [3.8, 4) is 5.69 Å². The highest BCUT2D eigenvalue weighted by Gasteiger charge is 2.22. The number of benzene rings is 1. The molecule has 1 unspecified atom stereocenters. The van der Waals surface area contributed by atoms with Crippen LogP contribution in [0.4, 0.5) is 5.69 Å². The van der Waals surface area contributed by atoms with Gasteiger partial charge in [0.1, 0.15) is 0 Å². The maximum absolute atomic E-state index is 10.9. The molecule has 3 rings (SSSR count). The number of aromatic nitrogens is 1. The highest BCUT2D eigenvalue weighted by Crippen LogP contribution is 2.33. The van der Waals surface area contributed by atoms with Crippen molar-refractivity contribution < 1.29 is 4.92 Å². The van der Waals surface area contributed by atoms with Crippen molar-refractivity contribution in [3.63, 3.8) is 0 Å². The van der Waals surface area contributed by atoms with Gasteiger partial charge in [-0.1, -0.05) is 0 Å². The van der Waals surface area contributed by atoms with E-state index in [9.17, 15) is 10.1 Å². The van der Waals surface area contributed by atoms with Gasteiger partial charge in [0.15, 0.2) is 0 Å². The monoisotopic (exact) mass is 335 g/mol. The Balaban J connectivity index is 2.14. The number of nitro groups is 1. The van der Waals surface area contributed by atoms with E-state index in [1.54, 1.807) is 12.1 Å². The topological polar surface area (TPSA) is 74.1 Å². The van der Waals surface area contributed by atoms with Gasteiger partial charge < -0.3 is 10.3 Å². The SMILES string of the molecule is NC1CCCc2c1ccn2-c1cc([N+](=O)[O-])ccc1Br. The average molecular weight is 336 g/mol. The van der Waals surface area contributed by atoms with Crippen LogP contribution in [0, 0.1) is 10.1 Å². The molecule has 1 aromatic carbocycles. The summed E-state index contributed by atoms with van der Waals surface area (Å²) in [4.78, 5) is 10.6. The molecule has 0 saturated heterocycles. The fraction of sp³-hybridized carbons (Fsp3) is 0.286. The number of hydrogen-bond donors (Lipinski definition) is 1. The first-order valence-electron chi connectivity index (χ1n) is 6.48. The summed E-state index contributed by atoms with van der Waals surface area (Å²) in [7, 11) is 0. The van der Waals surface area contributed by atoms with Gasteiger partial charge >= 0.3 is 0 Å². The third-order valence-electron chi connectivity index (χ3n) is 3.76. The zero-order valence-corrected chi connectivity index (χ0v) is 12.3. The molecule has 2 N–H and O–H groups in total. The molecule has 0 saturated carbocycles. The first-order valence-corrected chi connectivity index (χ1v) is 7.27. The highest BCUT2D eigenvalue weighted by molar-refractivity contribution is 9.10. The number of halogens is 1. The van der Waals surface area contributed by atoms with Crippen LogP contribution in [0.1, 0.15) is 30.1 Å². The molecule has 0 spiro atoms. The van der Waals surface area contributed by atoms with Gasteiger partial charge in [0.25, 0.3) is 5.69 Å². The van der Waals surface area contributed by atoms with E-state index in [1.165, 1.54) is 6.07 Å². The fourth-order valence-corrected chi connectivity index (χ4v) is 3.19. The van der Waals surface area contributed by atoms with E-state index < -0.39 is 0 Å². The number of rotatable bonds is 2. The van der Waals surface area contributed by atoms with Crippen molar-refractivity contribution in [2.45, 2.75) is 25.3 Å². The van der Waals surface area contributed by atoms with Gasteiger partial charge in [-0.05, 0) is 52.9 Å². The molecule has 1 heterocycles. The Labute approximate surface area is 124 Å². The second-order valence-corrected chi connectivity index (χ2v) is 5.83. The normalized spacial score (nSPS) is 17.8. The summed E-state index contributed by atoms with van der Waals surface area (Å²) in [6.07, 6.45) is 4.93. The molecule has 104 valence electrons. The van der Waals surface area contributed by atoms with Crippen molar-refractivity contribution in [2.24, 2.45) is 5.73 Å². The van der Waals surface area contributed by atoms with Crippen LogP contribution in [0.15, 0.2) is 34.9 Å². The Bertz CT molecular complexity index is 681. The molecule has 1 aliphatic rings. The minimum Gasteiger partial charge on any atom is -0.324 e. The summed E-state index contributed by atoms with van der Waals surface area (Å²) in [6.45, 7) is 0. The van der Waals surface area contributed by atoms with Crippen LogP contribution in [0.2, 0.25) is 0 Å². The largest absolute Gasteiger partial charge is 0.324 e. The zero-order chi connectivity index (χ0) is 14.3. The van der Waals surface area contributed by atoms with Crippen molar-refractivity contribution in [1.82, 2.24) is 4.57 Å². The van der Waals surface area contributed by atoms with Crippen LogP contribution >= 0.6 is 15.9 Å². The minimum absolute atomic E-state index is 0.0671. The molecule has 0 bridgehead atoms. The predicted molar refractivity (Wildman–Crippen MR) is 80.0 cm³/mol. The van der Waals surface area contributed by atoms with Crippen molar-refractivity contribution >= 4 is 21.6 Å². The molecule has 0 radical (unpaired) electrons. The zero-order valence-electron chi connectivity index (χ0n) is 10.8. The molecule has 1 atom stereocenters. The third-order valence-corrected chi connectivity index (χ3v) is 4.43. The summed E-state index contributed by atoms with van der Waals surface area (Å²) in [5.74, 6) is 0. The van der Waals surface area contributed by atoms with Gasteiger partial charge in [-0.2, -0.15) is 0 Å². The van der Waals surface area contributed by atoms with Gasteiger partial charge in [-0.15, -0.1) is 0 Å². The molecule has 0 amide bonds. The van der Waals surface area contributed by atoms with Gasteiger partial charge in [0, 0.05) is 34.5 Å². The summed E-state index contributed by atoms with van der Waals surface area (Å²) >= 11 is 3.47. The van der Waals surface area contributed by atoms with E-state index >= 15 is 0 Å². The second-order valence-electron chi connectivity index (χ2n) is 4.98. The van der Waals surface area contributed by atoms with Crippen molar-refractivity contribution in [2.75, 3.05) is 0 Å². The molecule has 20 heavy (non-hydrogen) atoms. The Kier molecular flexibility index (Phi) is 3.35. The number of non-ortho nitro benzene ring substituents is 1. The van der Waals surface area contributed by atoms with Crippen LogP contribution in [0.3, 0.4) is 0 Å². The van der Waals surface area contributed by atoms with E-state index in [1.807, 2.05) is 16.8 Å². The van der Waals surface area contributed by atoms with Crippen molar-refractivity contribution in [1.29, 1.82) is 0 Å². The smallest absolute Gasteiger partial charge is 0.271 e. The Morgan fingerprint density at radius 3 is 2.95 bits per heavy atom. The summed E-state index contributed by atoms with van der Waals surface area (Å²) in [5, 5.41) is 10.9. The molecule has 6 heteroatoms. The van der Waals surface area contributed by atoms with Gasteiger partial charge in [-0.25, -0.2) is 0 Å². The number of nitrogens with two attached hydrogens (primary N) is 1. The first kappa shape index (κ1) is 13.3. The van der Waals surface area contributed by atoms with Gasteiger partial charge in [-0.3, -0.25) is 10.1 Å².